The predicted octanol–water partition coefficient (Wildman–Crippen LogP) is 1.90. The molecule has 2 N–H and O–H groups in total. The highest BCUT2D eigenvalue weighted by Gasteiger charge is 2.21. The number of nitriles is 1. The molecule has 5 nitrogen and oxygen atoms in total. The number of hydrogen-bond acceptors (Lipinski definition) is 3. The van der Waals surface area contributed by atoms with Gasteiger partial charge in [0.2, 0.25) is 12.2 Å². The molecule has 0 spiro atoms. The number of rotatable bonds is 3. The van der Waals surface area contributed by atoms with Crippen LogP contribution in [0.15, 0.2) is 59.7 Å². The van der Waals surface area contributed by atoms with Gasteiger partial charge in [-0.1, -0.05) is 36.4 Å². The number of hydrogen-bond donors (Lipinski definition) is 1. The lowest BCUT2D eigenvalue weighted by atomic mass is 10.0. The largest absolute Gasteiger partial charge is 0.369 e. The lowest BCUT2D eigenvalue weighted by molar-refractivity contribution is 0.415. The summed E-state index contributed by atoms with van der Waals surface area (Å²) in [6.45, 7) is 0. The van der Waals surface area contributed by atoms with E-state index in [4.69, 9.17) is 11.0 Å². The summed E-state index contributed by atoms with van der Waals surface area (Å²) in [5.41, 5.74) is 7.71. The summed E-state index contributed by atoms with van der Waals surface area (Å²) in [7, 11) is 1.79. The van der Waals surface area contributed by atoms with E-state index in [9.17, 15) is 0 Å². The monoisotopic (exact) mass is 265 g/mol. The zero-order valence-corrected chi connectivity index (χ0v) is 11.1. The molecule has 1 aromatic heterocycles. The molecule has 1 aromatic carbocycles. The molecule has 0 saturated heterocycles. The van der Waals surface area contributed by atoms with Crippen LogP contribution in [0.25, 0.3) is 0 Å². The fraction of sp³-hybridized carbons (Fsp3) is 0.133. The fourth-order valence-corrected chi connectivity index (χ4v) is 2.03. The van der Waals surface area contributed by atoms with Gasteiger partial charge in [0.1, 0.15) is 0 Å². The summed E-state index contributed by atoms with van der Waals surface area (Å²) < 4.78 is 0. The smallest absolute Gasteiger partial charge is 0.209 e. The van der Waals surface area contributed by atoms with Crippen LogP contribution in [0.2, 0.25) is 0 Å². The number of benzene rings is 1. The van der Waals surface area contributed by atoms with Gasteiger partial charge < -0.3 is 10.6 Å². The third kappa shape index (κ3) is 2.93. The van der Waals surface area contributed by atoms with Crippen molar-refractivity contribution in [2.24, 2.45) is 10.7 Å². The van der Waals surface area contributed by atoms with Crippen LogP contribution in [-0.2, 0) is 0 Å². The van der Waals surface area contributed by atoms with Crippen molar-refractivity contribution in [1.82, 2.24) is 9.88 Å². The van der Waals surface area contributed by atoms with Gasteiger partial charge in [-0.3, -0.25) is 4.98 Å². The Balaban J connectivity index is 2.46. The summed E-state index contributed by atoms with van der Waals surface area (Å²) in [6.07, 6.45) is 3.44. The molecule has 5 heteroatoms. The maximum Gasteiger partial charge on any atom is 0.209 e. The van der Waals surface area contributed by atoms with E-state index in [1.165, 1.54) is 0 Å². The van der Waals surface area contributed by atoms with Crippen LogP contribution in [0, 0.1) is 11.5 Å². The van der Waals surface area contributed by atoms with Crippen molar-refractivity contribution in [1.29, 1.82) is 5.26 Å². The molecule has 0 aliphatic heterocycles. The van der Waals surface area contributed by atoms with E-state index in [1.807, 2.05) is 48.5 Å². The lowest BCUT2D eigenvalue weighted by Gasteiger charge is -2.28. The minimum absolute atomic E-state index is 0.159. The standard InChI is InChI=1S/C15H15N5/c1-20(15(17)19-11-16)14(12-7-3-2-4-8-12)13-9-5-6-10-18-13/h2-10,14H,1H3,(H2,17,19). The van der Waals surface area contributed by atoms with Crippen molar-refractivity contribution in [2.75, 3.05) is 7.05 Å². The van der Waals surface area contributed by atoms with Gasteiger partial charge in [0, 0.05) is 13.2 Å². The molecule has 0 aliphatic carbocycles. The number of pyridine rings is 1. The third-order valence-electron chi connectivity index (χ3n) is 3.00. The highest BCUT2D eigenvalue weighted by Crippen LogP contribution is 2.25. The number of aliphatic imine (C=N–C) groups is 1. The molecule has 1 heterocycles. The van der Waals surface area contributed by atoms with E-state index in [2.05, 4.69) is 9.98 Å². The minimum atomic E-state index is -0.186. The van der Waals surface area contributed by atoms with Gasteiger partial charge in [-0.15, -0.1) is 4.99 Å². The number of guanidine groups is 1. The van der Waals surface area contributed by atoms with E-state index in [1.54, 1.807) is 24.3 Å². The topological polar surface area (TPSA) is 78.3 Å². The SMILES string of the molecule is CN(C(N)=NC#N)C(c1ccccc1)c1ccccn1. The molecule has 20 heavy (non-hydrogen) atoms. The number of nitrogens with two attached hydrogens (primary N) is 1. The van der Waals surface area contributed by atoms with E-state index in [0.29, 0.717) is 0 Å². The van der Waals surface area contributed by atoms with E-state index in [0.717, 1.165) is 11.3 Å². The summed E-state index contributed by atoms with van der Waals surface area (Å²) in [5.74, 6) is 0.159. The summed E-state index contributed by atoms with van der Waals surface area (Å²) >= 11 is 0. The van der Waals surface area contributed by atoms with Crippen LogP contribution >= 0.6 is 0 Å². The Hall–Kier alpha value is -2.87. The minimum Gasteiger partial charge on any atom is -0.369 e. The lowest BCUT2D eigenvalue weighted by Crippen LogP contribution is -2.37. The van der Waals surface area contributed by atoms with Crippen LogP contribution in [-0.4, -0.2) is 22.9 Å². The molecule has 0 amide bonds. The van der Waals surface area contributed by atoms with E-state index >= 15 is 0 Å². The summed E-state index contributed by atoms with van der Waals surface area (Å²) in [5, 5.41) is 8.65. The Kier molecular flexibility index (Phi) is 4.30. The van der Waals surface area contributed by atoms with Gasteiger partial charge in [0.15, 0.2) is 0 Å². The number of nitrogens with zero attached hydrogens (tertiary/aromatic N) is 4. The predicted molar refractivity (Wildman–Crippen MR) is 77.5 cm³/mol. The highest BCUT2D eigenvalue weighted by atomic mass is 15.3. The Morgan fingerprint density at radius 3 is 2.55 bits per heavy atom. The molecule has 0 bridgehead atoms. The average molecular weight is 265 g/mol. The molecule has 0 fully saturated rings. The average Bonchev–Trinajstić information content (AvgIpc) is 2.50. The van der Waals surface area contributed by atoms with Gasteiger partial charge in [-0.2, -0.15) is 5.26 Å². The molecule has 1 unspecified atom stereocenters. The van der Waals surface area contributed by atoms with Crippen LogP contribution in [0.1, 0.15) is 17.3 Å². The summed E-state index contributed by atoms with van der Waals surface area (Å²) in [6, 6.07) is 15.4. The first-order valence-electron chi connectivity index (χ1n) is 6.15. The molecular formula is C15H15N5. The van der Waals surface area contributed by atoms with Gasteiger partial charge in [-0.25, -0.2) is 0 Å². The van der Waals surface area contributed by atoms with Crippen molar-refractivity contribution < 1.29 is 0 Å². The quantitative estimate of drug-likeness (QED) is 0.522. The van der Waals surface area contributed by atoms with Crippen LogP contribution in [0.3, 0.4) is 0 Å². The first-order chi connectivity index (χ1) is 9.74. The Labute approximate surface area is 118 Å². The van der Waals surface area contributed by atoms with Gasteiger partial charge in [0.25, 0.3) is 0 Å². The molecule has 0 saturated carbocycles. The second kappa shape index (κ2) is 6.34. The van der Waals surface area contributed by atoms with Crippen molar-refractivity contribution >= 4 is 5.96 Å². The molecule has 0 aliphatic rings. The van der Waals surface area contributed by atoms with Crippen molar-refractivity contribution in [3.63, 3.8) is 0 Å². The van der Waals surface area contributed by atoms with Crippen molar-refractivity contribution in [2.45, 2.75) is 6.04 Å². The normalized spacial score (nSPS) is 12.5. The Morgan fingerprint density at radius 1 is 1.25 bits per heavy atom. The highest BCUT2D eigenvalue weighted by molar-refractivity contribution is 5.79. The first kappa shape index (κ1) is 13.6. The molecular weight excluding hydrogens is 250 g/mol. The van der Waals surface area contributed by atoms with E-state index < -0.39 is 0 Å². The van der Waals surface area contributed by atoms with Crippen LogP contribution < -0.4 is 5.73 Å². The third-order valence-corrected chi connectivity index (χ3v) is 3.00. The maximum absolute atomic E-state index is 8.65. The number of aromatic nitrogens is 1. The first-order valence-corrected chi connectivity index (χ1v) is 6.15. The molecule has 100 valence electrons. The zero-order chi connectivity index (χ0) is 14.4. The Bertz CT molecular complexity index is 576. The van der Waals surface area contributed by atoms with Crippen molar-refractivity contribution in [3.8, 4) is 6.19 Å². The molecule has 1 atom stereocenters. The Morgan fingerprint density at radius 2 is 1.95 bits per heavy atom. The van der Waals surface area contributed by atoms with Crippen LogP contribution in [0.5, 0.6) is 0 Å². The second-order valence-electron chi connectivity index (χ2n) is 4.25. The van der Waals surface area contributed by atoms with E-state index in [-0.39, 0.29) is 12.0 Å². The van der Waals surface area contributed by atoms with Crippen molar-refractivity contribution in [3.05, 3.63) is 66.0 Å². The van der Waals surface area contributed by atoms with Gasteiger partial charge in [0.05, 0.1) is 11.7 Å². The molecule has 2 aromatic rings. The second-order valence-corrected chi connectivity index (χ2v) is 4.25. The van der Waals surface area contributed by atoms with Gasteiger partial charge in [-0.05, 0) is 17.7 Å². The molecule has 0 radical (unpaired) electrons. The fourth-order valence-electron chi connectivity index (χ4n) is 2.03. The maximum atomic E-state index is 8.65. The van der Waals surface area contributed by atoms with Crippen LogP contribution in [0.4, 0.5) is 0 Å². The van der Waals surface area contributed by atoms with Gasteiger partial charge >= 0.3 is 0 Å². The summed E-state index contributed by atoms with van der Waals surface area (Å²) in [4.78, 5) is 9.72. The zero-order valence-electron chi connectivity index (χ0n) is 11.1. The molecule has 2 rings (SSSR count).